The Hall–Kier alpha value is -3.07. The number of nitrogens with two attached hydrogens (primary N) is 1. The van der Waals surface area contributed by atoms with Crippen LogP contribution in [-0.2, 0) is 20.8 Å². The van der Waals surface area contributed by atoms with Gasteiger partial charge in [0.2, 0.25) is 0 Å². The molecule has 3 atom stereocenters. The van der Waals surface area contributed by atoms with Crippen molar-refractivity contribution in [2.45, 2.75) is 57.1 Å². The number of nitrogen functional groups attached to an aromatic ring is 1. The molecule has 1 saturated heterocycles. The van der Waals surface area contributed by atoms with Crippen LogP contribution in [0.15, 0.2) is 35.3 Å². The second kappa shape index (κ2) is 17.8. The highest BCUT2D eigenvalue weighted by Crippen LogP contribution is 2.27. The first kappa shape index (κ1) is 33.4. The zero-order chi connectivity index (χ0) is 30.3. The van der Waals surface area contributed by atoms with E-state index in [1.54, 1.807) is 12.1 Å². The highest BCUT2D eigenvalue weighted by molar-refractivity contribution is 6.17. The molecule has 0 unspecified atom stereocenters. The van der Waals surface area contributed by atoms with Crippen molar-refractivity contribution in [1.82, 2.24) is 20.2 Å². The van der Waals surface area contributed by atoms with E-state index in [-0.39, 0.29) is 31.3 Å². The Kier molecular flexibility index (Phi) is 14.2. The quantitative estimate of drug-likeness (QED) is 0.120. The summed E-state index contributed by atoms with van der Waals surface area (Å²) in [5.41, 5.74) is 6.30. The predicted octanol–water partition coefficient (Wildman–Crippen LogP) is 0.958. The number of aliphatic hydroxyl groups excluding tert-OH is 2. The van der Waals surface area contributed by atoms with Crippen LogP contribution in [-0.4, -0.2) is 89.2 Å². The average Bonchev–Trinajstić information content (AvgIpc) is 3.37. The van der Waals surface area contributed by atoms with E-state index in [2.05, 4.69) is 15.6 Å². The summed E-state index contributed by atoms with van der Waals surface area (Å²) in [6.45, 7) is 1.92. The lowest BCUT2D eigenvalue weighted by Crippen LogP contribution is -2.31. The number of halogens is 1. The van der Waals surface area contributed by atoms with Crippen LogP contribution in [0.2, 0.25) is 0 Å². The first-order valence-corrected chi connectivity index (χ1v) is 14.6. The third-order valence-electron chi connectivity index (χ3n) is 6.68. The summed E-state index contributed by atoms with van der Waals surface area (Å²) in [6.07, 6.45) is 3.21. The van der Waals surface area contributed by atoms with Crippen molar-refractivity contribution in [3.05, 3.63) is 57.6 Å². The van der Waals surface area contributed by atoms with Crippen molar-refractivity contribution in [1.29, 1.82) is 0 Å². The molecule has 0 bridgehead atoms. The molecule has 2 amide bonds. The second-order valence-electron chi connectivity index (χ2n) is 9.80. The van der Waals surface area contributed by atoms with E-state index < -0.39 is 30.0 Å². The minimum Gasteiger partial charge on any atom is -0.394 e. The number of nitrogens with one attached hydrogen (secondary N) is 2. The second-order valence-corrected chi connectivity index (χ2v) is 10.2. The van der Waals surface area contributed by atoms with Crippen LogP contribution in [0.5, 0.6) is 0 Å². The molecule has 2 heterocycles. The summed E-state index contributed by atoms with van der Waals surface area (Å²) in [5.74, 6) is -0.0591. The van der Waals surface area contributed by atoms with E-state index in [0.29, 0.717) is 55.5 Å². The van der Waals surface area contributed by atoms with Crippen molar-refractivity contribution in [3.63, 3.8) is 0 Å². The number of benzene rings is 1. The average molecular weight is 610 g/mol. The molecule has 1 aromatic heterocycles. The maximum atomic E-state index is 12.7. The lowest BCUT2D eigenvalue weighted by atomic mass is 10.1. The Bertz CT molecular complexity index is 1200. The molecule has 0 radical (unpaired) electrons. The van der Waals surface area contributed by atoms with Gasteiger partial charge in [-0.15, -0.1) is 11.6 Å². The molecular formula is C28H40ClN5O8. The van der Waals surface area contributed by atoms with Crippen LogP contribution in [0.25, 0.3) is 0 Å². The number of hydrogen-bond acceptors (Lipinski definition) is 10. The molecule has 232 valence electrons. The highest BCUT2D eigenvalue weighted by atomic mass is 35.5. The van der Waals surface area contributed by atoms with Gasteiger partial charge in [-0.3, -0.25) is 14.2 Å². The Morgan fingerprint density at radius 2 is 1.67 bits per heavy atom. The molecule has 3 rings (SSSR count). The van der Waals surface area contributed by atoms with Gasteiger partial charge >= 0.3 is 5.69 Å². The monoisotopic (exact) mass is 609 g/mol. The normalized spacial score (nSPS) is 18.2. The van der Waals surface area contributed by atoms with Crippen molar-refractivity contribution < 1.29 is 34.0 Å². The lowest BCUT2D eigenvalue weighted by Gasteiger charge is -2.16. The molecule has 1 aromatic carbocycles. The molecular weight excluding hydrogens is 570 g/mol. The number of rotatable bonds is 18. The first-order chi connectivity index (χ1) is 20.3. The molecule has 42 heavy (non-hydrogen) atoms. The summed E-state index contributed by atoms with van der Waals surface area (Å²) in [5, 5.41) is 24.7. The summed E-state index contributed by atoms with van der Waals surface area (Å²) in [7, 11) is 0. The standard InChI is InChI=1S/C28H40ClN5O8/c29-9-3-1-2-4-11-40-13-14-41-12-10-31-26(37)19-5-7-20(8-6-19)27(38)32-16-21-17-34(28(39)33-25(21)30)24-15-22(36)23(18-35)42-24/h5-8,17,22-24,35-36H,1-4,9-16,18H2,(H,31,37)(H,32,38)(H2,30,33,39)/t22-,23-,24-/m1/s1. The fraction of sp³-hybridized carbons (Fsp3) is 0.571. The summed E-state index contributed by atoms with van der Waals surface area (Å²) < 4.78 is 17.7. The maximum absolute atomic E-state index is 12.7. The molecule has 13 nitrogen and oxygen atoms in total. The van der Waals surface area contributed by atoms with Gasteiger partial charge in [0.25, 0.3) is 11.8 Å². The number of carbonyl (C=O) groups excluding carboxylic acids is 2. The van der Waals surface area contributed by atoms with Crippen LogP contribution >= 0.6 is 11.6 Å². The number of nitrogens with zero attached hydrogens (tertiary/aromatic N) is 2. The van der Waals surface area contributed by atoms with E-state index in [0.717, 1.165) is 25.7 Å². The van der Waals surface area contributed by atoms with Crippen LogP contribution in [0, 0.1) is 0 Å². The van der Waals surface area contributed by atoms with Gasteiger partial charge in [0.05, 0.1) is 32.5 Å². The van der Waals surface area contributed by atoms with Gasteiger partial charge in [-0.2, -0.15) is 4.98 Å². The van der Waals surface area contributed by atoms with Gasteiger partial charge in [0, 0.05) is 54.9 Å². The van der Waals surface area contributed by atoms with E-state index in [9.17, 15) is 24.6 Å². The number of aromatic nitrogens is 2. The largest absolute Gasteiger partial charge is 0.394 e. The van der Waals surface area contributed by atoms with E-state index in [1.165, 1.54) is 22.9 Å². The molecule has 6 N–H and O–H groups in total. The number of amides is 2. The molecule has 1 aliphatic heterocycles. The summed E-state index contributed by atoms with van der Waals surface area (Å²) >= 11 is 5.65. The van der Waals surface area contributed by atoms with E-state index in [1.807, 2.05) is 0 Å². The number of ether oxygens (including phenoxy) is 3. The smallest absolute Gasteiger partial charge is 0.351 e. The third kappa shape index (κ3) is 10.3. The molecule has 14 heteroatoms. The van der Waals surface area contributed by atoms with Crippen LogP contribution in [0.4, 0.5) is 5.82 Å². The van der Waals surface area contributed by atoms with Gasteiger partial charge in [-0.05, 0) is 37.1 Å². The highest BCUT2D eigenvalue weighted by Gasteiger charge is 2.35. The van der Waals surface area contributed by atoms with Gasteiger partial charge in [-0.1, -0.05) is 12.8 Å². The van der Waals surface area contributed by atoms with Crippen LogP contribution in [0.3, 0.4) is 0 Å². The number of carbonyl (C=O) groups is 2. The number of unbranched alkanes of at least 4 members (excludes halogenated alkanes) is 3. The fourth-order valence-electron chi connectivity index (χ4n) is 4.28. The zero-order valence-electron chi connectivity index (χ0n) is 23.5. The van der Waals surface area contributed by atoms with E-state index in [4.69, 9.17) is 31.5 Å². The van der Waals surface area contributed by atoms with Gasteiger partial charge < -0.3 is 40.8 Å². The van der Waals surface area contributed by atoms with Gasteiger partial charge in [-0.25, -0.2) is 4.79 Å². The number of aliphatic hydroxyl groups is 2. The first-order valence-electron chi connectivity index (χ1n) is 14.0. The predicted molar refractivity (Wildman–Crippen MR) is 155 cm³/mol. The van der Waals surface area contributed by atoms with Crippen molar-refractivity contribution in [2.24, 2.45) is 0 Å². The van der Waals surface area contributed by atoms with Crippen LogP contribution in [0.1, 0.15) is 64.6 Å². The summed E-state index contributed by atoms with van der Waals surface area (Å²) in [4.78, 5) is 41.2. The molecule has 0 saturated carbocycles. The Labute approximate surface area is 249 Å². The summed E-state index contributed by atoms with van der Waals surface area (Å²) in [6, 6.07) is 6.14. The van der Waals surface area contributed by atoms with Crippen molar-refractivity contribution in [3.8, 4) is 0 Å². The molecule has 2 aromatic rings. The maximum Gasteiger partial charge on any atom is 0.351 e. The van der Waals surface area contributed by atoms with Gasteiger partial charge in [0.15, 0.2) is 0 Å². The minimum atomic E-state index is -0.928. The van der Waals surface area contributed by atoms with Crippen molar-refractivity contribution in [2.75, 3.05) is 51.2 Å². The molecule has 0 aliphatic carbocycles. The Balaban J connectivity index is 1.38. The topological polar surface area (TPSA) is 187 Å². The molecule has 1 aliphatic rings. The SMILES string of the molecule is Nc1nc(=O)n([C@H]2C[C@@H](O)[C@@H](CO)O2)cc1CNC(=O)c1ccc(C(=O)NCCOCCOCCCCCCCl)cc1. The lowest BCUT2D eigenvalue weighted by molar-refractivity contribution is -0.0459. The Morgan fingerprint density at radius 1 is 1.02 bits per heavy atom. The number of anilines is 1. The van der Waals surface area contributed by atoms with E-state index >= 15 is 0 Å². The van der Waals surface area contributed by atoms with Gasteiger partial charge in [0.1, 0.15) is 18.1 Å². The zero-order valence-corrected chi connectivity index (χ0v) is 24.3. The fourth-order valence-corrected chi connectivity index (χ4v) is 4.47. The third-order valence-corrected chi connectivity index (χ3v) is 6.95. The number of hydrogen-bond donors (Lipinski definition) is 5. The number of alkyl halides is 1. The van der Waals surface area contributed by atoms with Crippen molar-refractivity contribution >= 4 is 29.2 Å². The van der Waals surface area contributed by atoms with Crippen LogP contribution < -0.4 is 22.1 Å². The molecule has 0 spiro atoms. The Morgan fingerprint density at radius 3 is 2.31 bits per heavy atom. The minimum absolute atomic E-state index is 0.0293. The molecule has 1 fully saturated rings.